The van der Waals surface area contributed by atoms with Crippen molar-refractivity contribution in [3.63, 3.8) is 0 Å². The molecule has 88 valence electrons. The number of nitrogen functional groups attached to an aromatic ring is 1. The molecule has 1 amide bonds. The fourth-order valence-electron chi connectivity index (χ4n) is 1.20. The SMILES string of the molecule is Cc1ccc(N)cc1NC(=O)CS(C)(=O)=O. The van der Waals surface area contributed by atoms with Gasteiger partial charge in [0, 0.05) is 17.6 Å². The van der Waals surface area contributed by atoms with E-state index in [-0.39, 0.29) is 0 Å². The summed E-state index contributed by atoms with van der Waals surface area (Å²) in [7, 11) is -3.31. The van der Waals surface area contributed by atoms with Crippen molar-refractivity contribution in [3.05, 3.63) is 23.8 Å². The molecule has 0 aliphatic heterocycles. The van der Waals surface area contributed by atoms with E-state index in [0.717, 1.165) is 11.8 Å². The quantitative estimate of drug-likeness (QED) is 0.758. The maximum atomic E-state index is 11.4. The molecule has 0 heterocycles. The first kappa shape index (κ1) is 12.5. The molecule has 0 aliphatic rings. The summed E-state index contributed by atoms with van der Waals surface area (Å²) >= 11 is 0. The second kappa shape index (κ2) is 4.52. The van der Waals surface area contributed by atoms with E-state index in [4.69, 9.17) is 5.73 Å². The number of hydrogen-bond donors (Lipinski definition) is 2. The average molecular weight is 242 g/mol. The van der Waals surface area contributed by atoms with E-state index < -0.39 is 21.5 Å². The van der Waals surface area contributed by atoms with Crippen LogP contribution in [0.2, 0.25) is 0 Å². The van der Waals surface area contributed by atoms with Crippen LogP contribution >= 0.6 is 0 Å². The molecule has 3 N–H and O–H groups in total. The van der Waals surface area contributed by atoms with Crippen molar-refractivity contribution in [2.75, 3.05) is 23.1 Å². The molecule has 0 saturated heterocycles. The fourth-order valence-corrected chi connectivity index (χ4v) is 1.75. The molecular formula is C10H14N2O3S. The average Bonchev–Trinajstić information content (AvgIpc) is 2.08. The maximum absolute atomic E-state index is 11.4. The molecule has 1 aromatic rings. The van der Waals surface area contributed by atoms with Crippen molar-refractivity contribution < 1.29 is 13.2 Å². The van der Waals surface area contributed by atoms with E-state index in [1.807, 2.05) is 0 Å². The van der Waals surface area contributed by atoms with E-state index in [1.54, 1.807) is 25.1 Å². The van der Waals surface area contributed by atoms with E-state index in [2.05, 4.69) is 5.32 Å². The predicted octanol–water partition coefficient (Wildman–Crippen LogP) is 0.560. The van der Waals surface area contributed by atoms with Gasteiger partial charge < -0.3 is 11.1 Å². The van der Waals surface area contributed by atoms with Crippen LogP contribution in [0.15, 0.2) is 18.2 Å². The van der Waals surface area contributed by atoms with Crippen molar-refractivity contribution >= 4 is 27.1 Å². The molecule has 0 fully saturated rings. The lowest BCUT2D eigenvalue weighted by molar-refractivity contribution is -0.113. The summed E-state index contributed by atoms with van der Waals surface area (Å²) < 4.78 is 21.8. The van der Waals surface area contributed by atoms with E-state index in [0.29, 0.717) is 11.4 Å². The number of anilines is 2. The van der Waals surface area contributed by atoms with Crippen LogP contribution in [0.4, 0.5) is 11.4 Å². The Hall–Kier alpha value is -1.56. The molecule has 0 aliphatic carbocycles. The molecule has 0 atom stereocenters. The van der Waals surface area contributed by atoms with Crippen molar-refractivity contribution in [3.8, 4) is 0 Å². The lowest BCUT2D eigenvalue weighted by Gasteiger charge is -2.08. The Morgan fingerprint density at radius 2 is 2.06 bits per heavy atom. The maximum Gasteiger partial charge on any atom is 0.239 e. The Morgan fingerprint density at radius 1 is 1.44 bits per heavy atom. The zero-order chi connectivity index (χ0) is 12.3. The summed E-state index contributed by atoms with van der Waals surface area (Å²) in [5, 5.41) is 2.51. The third-order valence-corrected chi connectivity index (χ3v) is 2.72. The normalized spacial score (nSPS) is 11.1. The second-order valence-electron chi connectivity index (χ2n) is 3.69. The summed E-state index contributed by atoms with van der Waals surface area (Å²) in [6.07, 6.45) is 1.01. The van der Waals surface area contributed by atoms with Crippen LogP contribution in [0.3, 0.4) is 0 Å². The second-order valence-corrected chi connectivity index (χ2v) is 5.83. The van der Waals surface area contributed by atoms with Crippen LogP contribution in [0.1, 0.15) is 5.56 Å². The van der Waals surface area contributed by atoms with Gasteiger partial charge in [0.15, 0.2) is 9.84 Å². The van der Waals surface area contributed by atoms with Gasteiger partial charge in [-0.25, -0.2) is 8.42 Å². The van der Waals surface area contributed by atoms with Gasteiger partial charge in [-0.05, 0) is 24.6 Å². The minimum absolute atomic E-state index is 0.514. The van der Waals surface area contributed by atoms with Gasteiger partial charge in [-0.2, -0.15) is 0 Å². The fraction of sp³-hybridized carbons (Fsp3) is 0.300. The summed E-state index contributed by atoms with van der Waals surface area (Å²) in [5.41, 5.74) is 7.44. The lowest BCUT2D eigenvalue weighted by Crippen LogP contribution is -2.22. The topological polar surface area (TPSA) is 89.3 Å². The molecule has 0 bridgehead atoms. The lowest BCUT2D eigenvalue weighted by atomic mass is 10.2. The third kappa shape index (κ3) is 3.90. The highest BCUT2D eigenvalue weighted by Gasteiger charge is 2.11. The van der Waals surface area contributed by atoms with E-state index >= 15 is 0 Å². The minimum atomic E-state index is -3.31. The zero-order valence-corrected chi connectivity index (χ0v) is 9.97. The number of hydrogen-bond acceptors (Lipinski definition) is 4. The molecular weight excluding hydrogens is 228 g/mol. The number of sulfone groups is 1. The number of nitrogens with one attached hydrogen (secondary N) is 1. The molecule has 1 rings (SSSR count). The summed E-state index contributed by atoms with van der Waals surface area (Å²) in [4.78, 5) is 11.4. The first-order chi connectivity index (χ1) is 7.28. The number of aryl methyl sites for hydroxylation is 1. The molecule has 16 heavy (non-hydrogen) atoms. The Bertz CT molecular complexity index is 509. The Labute approximate surface area is 94.6 Å². The van der Waals surface area contributed by atoms with Crippen LogP contribution in [0.25, 0.3) is 0 Å². The molecule has 0 radical (unpaired) electrons. The Morgan fingerprint density at radius 3 is 2.62 bits per heavy atom. The molecule has 1 aromatic carbocycles. The van der Waals surface area contributed by atoms with Gasteiger partial charge in [0.2, 0.25) is 5.91 Å². The van der Waals surface area contributed by atoms with E-state index in [1.165, 1.54) is 0 Å². The van der Waals surface area contributed by atoms with Gasteiger partial charge in [-0.3, -0.25) is 4.79 Å². The minimum Gasteiger partial charge on any atom is -0.399 e. The van der Waals surface area contributed by atoms with Gasteiger partial charge in [-0.15, -0.1) is 0 Å². The predicted molar refractivity (Wildman–Crippen MR) is 63.9 cm³/mol. The van der Waals surface area contributed by atoms with Gasteiger partial charge in [0.05, 0.1) is 0 Å². The molecule has 5 nitrogen and oxygen atoms in total. The largest absolute Gasteiger partial charge is 0.399 e. The van der Waals surface area contributed by atoms with Crippen molar-refractivity contribution in [1.82, 2.24) is 0 Å². The third-order valence-electron chi connectivity index (χ3n) is 1.93. The first-order valence-corrected chi connectivity index (χ1v) is 6.68. The van der Waals surface area contributed by atoms with E-state index in [9.17, 15) is 13.2 Å². The highest BCUT2D eigenvalue weighted by Crippen LogP contribution is 2.17. The summed E-state index contributed by atoms with van der Waals surface area (Å²) in [6.45, 7) is 1.80. The number of amides is 1. The van der Waals surface area contributed by atoms with Crippen LogP contribution in [-0.4, -0.2) is 26.3 Å². The number of carbonyl (C=O) groups is 1. The summed E-state index contributed by atoms with van der Waals surface area (Å²) in [6, 6.07) is 5.06. The van der Waals surface area contributed by atoms with Gasteiger partial charge in [0.1, 0.15) is 5.75 Å². The smallest absolute Gasteiger partial charge is 0.239 e. The number of nitrogens with two attached hydrogens (primary N) is 1. The molecule has 0 spiro atoms. The summed E-state index contributed by atoms with van der Waals surface area (Å²) in [5.74, 6) is -1.09. The molecule has 6 heteroatoms. The van der Waals surface area contributed by atoms with Gasteiger partial charge in [0.25, 0.3) is 0 Å². The molecule has 0 saturated carbocycles. The highest BCUT2D eigenvalue weighted by atomic mass is 32.2. The Balaban J connectivity index is 2.81. The van der Waals surface area contributed by atoms with Crippen LogP contribution < -0.4 is 11.1 Å². The number of benzene rings is 1. The molecule has 0 unspecified atom stereocenters. The van der Waals surface area contributed by atoms with Gasteiger partial charge >= 0.3 is 0 Å². The van der Waals surface area contributed by atoms with Crippen LogP contribution in [0, 0.1) is 6.92 Å². The monoisotopic (exact) mass is 242 g/mol. The zero-order valence-electron chi connectivity index (χ0n) is 9.15. The number of carbonyl (C=O) groups excluding carboxylic acids is 1. The standard InChI is InChI=1S/C10H14N2O3S/c1-7-3-4-8(11)5-9(7)12-10(13)6-16(2,14)15/h3-5H,6,11H2,1-2H3,(H,12,13). The van der Waals surface area contributed by atoms with Crippen molar-refractivity contribution in [2.24, 2.45) is 0 Å². The van der Waals surface area contributed by atoms with Crippen molar-refractivity contribution in [2.45, 2.75) is 6.92 Å². The first-order valence-electron chi connectivity index (χ1n) is 4.61. The number of rotatable bonds is 3. The Kier molecular flexibility index (Phi) is 3.54. The van der Waals surface area contributed by atoms with Crippen molar-refractivity contribution in [1.29, 1.82) is 0 Å². The van der Waals surface area contributed by atoms with Gasteiger partial charge in [-0.1, -0.05) is 6.07 Å². The van der Waals surface area contributed by atoms with Crippen LogP contribution in [-0.2, 0) is 14.6 Å². The molecule has 0 aromatic heterocycles. The highest BCUT2D eigenvalue weighted by molar-refractivity contribution is 7.91. The van der Waals surface area contributed by atoms with Crippen LogP contribution in [0.5, 0.6) is 0 Å².